The third kappa shape index (κ3) is 2.43. The Morgan fingerprint density at radius 2 is 2.00 bits per heavy atom. The van der Waals surface area contributed by atoms with Gasteiger partial charge in [0.1, 0.15) is 12.1 Å². The molecule has 0 saturated carbocycles. The van der Waals surface area contributed by atoms with Gasteiger partial charge < -0.3 is 9.80 Å². The number of aromatic nitrogens is 4. The van der Waals surface area contributed by atoms with Gasteiger partial charge in [0.2, 0.25) is 5.91 Å². The quantitative estimate of drug-likeness (QED) is 0.812. The summed E-state index contributed by atoms with van der Waals surface area (Å²) < 4.78 is 1.75. The third-order valence-corrected chi connectivity index (χ3v) is 4.09. The molecule has 0 unspecified atom stereocenters. The largest absolute Gasteiger partial charge is 0.356 e. The first-order chi connectivity index (χ1) is 10.1. The highest BCUT2D eigenvalue weighted by atomic mass is 16.2. The van der Waals surface area contributed by atoms with Crippen LogP contribution in [0, 0.1) is 5.92 Å². The van der Waals surface area contributed by atoms with E-state index >= 15 is 0 Å². The van der Waals surface area contributed by atoms with Gasteiger partial charge in [0.15, 0.2) is 5.65 Å². The lowest BCUT2D eigenvalue weighted by molar-refractivity contribution is -0.133. The Morgan fingerprint density at radius 1 is 1.29 bits per heavy atom. The van der Waals surface area contributed by atoms with Crippen LogP contribution in [-0.2, 0) is 11.8 Å². The van der Waals surface area contributed by atoms with Crippen molar-refractivity contribution in [2.45, 2.75) is 12.8 Å². The van der Waals surface area contributed by atoms with E-state index in [1.807, 2.05) is 27.3 Å². The van der Waals surface area contributed by atoms with E-state index in [1.165, 1.54) is 0 Å². The topological polar surface area (TPSA) is 67.2 Å². The van der Waals surface area contributed by atoms with Gasteiger partial charge in [0, 0.05) is 40.2 Å². The summed E-state index contributed by atoms with van der Waals surface area (Å²) in [7, 11) is 5.51. The number of amides is 1. The van der Waals surface area contributed by atoms with E-state index < -0.39 is 0 Å². The van der Waals surface area contributed by atoms with Crippen molar-refractivity contribution in [3.05, 3.63) is 12.5 Å². The van der Waals surface area contributed by atoms with Crippen LogP contribution in [0.5, 0.6) is 0 Å². The highest BCUT2D eigenvalue weighted by Crippen LogP contribution is 2.27. The number of nitrogens with zero attached hydrogens (tertiary/aromatic N) is 6. The fourth-order valence-electron chi connectivity index (χ4n) is 2.91. The van der Waals surface area contributed by atoms with Crippen LogP contribution in [0.1, 0.15) is 12.8 Å². The monoisotopic (exact) mass is 288 g/mol. The number of rotatable bonds is 2. The zero-order valence-corrected chi connectivity index (χ0v) is 12.7. The zero-order chi connectivity index (χ0) is 15.0. The Balaban J connectivity index is 1.79. The average molecular weight is 288 g/mol. The molecule has 0 radical (unpaired) electrons. The molecule has 0 spiro atoms. The second kappa shape index (κ2) is 5.31. The summed E-state index contributed by atoms with van der Waals surface area (Å²) in [6.45, 7) is 1.68. The molecule has 2 aromatic rings. The lowest BCUT2D eigenvalue weighted by atomic mass is 9.95. The van der Waals surface area contributed by atoms with Crippen molar-refractivity contribution >= 4 is 22.8 Å². The van der Waals surface area contributed by atoms with Crippen molar-refractivity contribution in [2.75, 3.05) is 32.1 Å². The molecule has 3 rings (SSSR count). The number of hydrogen-bond donors (Lipinski definition) is 0. The van der Waals surface area contributed by atoms with E-state index in [0.29, 0.717) is 0 Å². The molecule has 112 valence electrons. The van der Waals surface area contributed by atoms with Gasteiger partial charge in [0.25, 0.3) is 0 Å². The van der Waals surface area contributed by atoms with Gasteiger partial charge in [-0.15, -0.1) is 0 Å². The number of carbonyl (C=O) groups is 1. The van der Waals surface area contributed by atoms with Crippen molar-refractivity contribution in [3.8, 4) is 0 Å². The Labute approximate surface area is 123 Å². The minimum Gasteiger partial charge on any atom is -0.356 e. The van der Waals surface area contributed by atoms with E-state index in [1.54, 1.807) is 15.9 Å². The van der Waals surface area contributed by atoms with Gasteiger partial charge in [-0.05, 0) is 12.8 Å². The number of fused-ring (bicyclic) bond motifs is 1. The number of aryl methyl sites for hydroxylation is 1. The Bertz CT molecular complexity index is 657. The van der Waals surface area contributed by atoms with Crippen LogP contribution in [-0.4, -0.2) is 57.7 Å². The first kappa shape index (κ1) is 13.8. The van der Waals surface area contributed by atoms with Crippen LogP contribution in [0.15, 0.2) is 12.5 Å². The molecule has 0 N–H and O–H groups in total. The van der Waals surface area contributed by atoms with Crippen molar-refractivity contribution in [1.82, 2.24) is 24.6 Å². The zero-order valence-electron chi connectivity index (χ0n) is 12.7. The molecule has 7 nitrogen and oxygen atoms in total. The minimum atomic E-state index is 0.127. The molecule has 2 aromatic heterocycles. The Kier molecular flexibility index (Phi) is 3.48. The summed E-state index contributed by atoms with van der Waals surface area (Å²) in [6, 6.07) is 0. The standard InChI is InChI=1S/C14H20N6O/c1-18(2)14(21)10-4-6-20(7-5-10)13-11-8-17-19(3)12(11)15-9-16-13/h8-10H,4-7H2,1-3H3. The molecule has 0 aromatic carbocycles. The van der Waals surface area contributed by atoms with E-state index in [-0.39, 0.29) is 11.8 Å². The number of hydrogen-bond acceptors (Lipinski definition) is 5. The maximum Gasteiger partial charge on any atom is 0.225 e. The van der Waals surface area contributed by atoms with Crippen LogP contribution >= 0.6 is 0 Å². The van der Waals surface area contributed by atoms with Gasteiger partial charge in [0.05, 0.1) is 11.6 Å². The smallest absolute Gasteiger partial charge is 0.225 e. The maximum atomic E-state index is 12.0. The summed E-state index contributed by atoms with van der Waals surface area (Å²) in [5, 5.41) is 5.21. The van der Waals surface area contributed by atoms with Crippen LogP contribution in [0.25, 0.3) is 11.0 Å². The fraction of sp³-hybridized carbons (Fsp3) is 0.571. The highest BCUT2D eigenvalue weighted by Gasteiger charge is 2.27. The summed E-state index contributed by atoms with van der Waals surface area (Å²) in [5.74, 6) is 1.27. The second-order valence-electron chi connectivity index (χ2n) is 5.70. The number of piperidine rings is 1. The van der Waals surface area contributed by atoms with Crippen LogP contribution < -0.4 is 4.90 Å². The summed E-state index contributed by atoms with van der Waals surface area (Å²) in [4.78, 5) is 24.6. The molecule has 1 aliphatic heterocycles. The van der Waals surface area contributed by atoms with Crippen LogP contribution in [0.2, 0.25) is 0 Å². The predicted molar refractivity (Wildman–Crippen MR) is 79.9 cm³/mol. The molecule has 1 aliphatic rings. The van der Waals surface area contributed by atoms with E-state index in [4.69, 9.17) is 0 Å². The Hall–Kier alpha value is -2.18. The van der Waals surface area contributed by atoms with E-state index in [9.17, 15) is 4.79 Å². The summed E-state index contributed by atoms with van der Waals surface area (Å²) in [5.41, 5.74) is 0.839. The first-order valence-electron chi connectivity index (χ1n) is 7.16. The SMILES string of the molecule is CN(C)C(=O)C1CCN(c2ncnc3c2cnn3C)CC1. The lowest BCUT2D eigenvalue weighted by Crippen LogP contribution is -2.40. The van der Waals surface area contributed by atoms with E-state index in [0.717, 1.165) is 42.8 Å². The summed E-state index contributed by atoms with van der Waals surface area (Å²) >= 11 is 0. The van der Waals surface area contributed by atoms with E-state index in [2.05, 4.69) is 20.0 Å². The predicted octanol–water partition coefficient (Wildman–Crippen LogP) is 0.668. The molecule has 1 fully saturated rings. The van der Waals surface area contributed by atoms with Crippen LogP contribution in [0.4, 0.5) is 5.82 Å². The molecular weight excluding hydrogens is 268 g/mol. The molecule has 7 heteroatoms. The molecular formula is C14H20N6O. The van der Waals surface area contributed by atoms with Gasteiger partial charge >= 0.3 is 0 Å². The molecule has 1 amide bonds. The van der Waals surface area contributed by atoms with Gasteiger partial charge in [-0.25, -0.2) is 9.97 Å². The normalized spacial score (nSPS) is 16.4. The average Bonchev–Trinajstić information content (AvgIpc) is 2.88. The van der Waals surface area contributed by atoms with Crippen molar-refractivity contribution in [2.24, 2.45) is 13.0 Å². The van der Waals surface area contributed by atoms with Gasteiger partial charge in [-0.2, -0.15) is 5.10 Å². The van der Waals surface area contributed by atoms with Gasteiger partial charge in [-0.1, -0.05) is 0 Å². The molecule has 21 heavy (non-hydrogen) atoms. The highest BCUT2D eigenvalue weighted by molar-refractivity contribution is 5.87. The van der Waals surface area contributed by atoms with Crippen LogP contribution in [0.3, 0.4) is 0 Å². The second-order valence-corrected chi connectivity index (χ2v) is 5.70. The minimum absolute atomic E-state index is 0.127. The molecule has 1 saturated heterocycles. The molecule has 3 heterocycles. The molecule has 0 aliphatic carbocycles. The Morgan fingerprint density at radius 3 is 2.67 bits per heavy atom. The number of carbonyl (C=O) groups excluding carboxylic acids is 1. The summed E-state index contributed by atoms with van der Waals surface area (Å²) in [6.07, 6.45) is 5.11. The number of anilines is 1. The van der Waals surface area contributed by atoms with Crippen molar-refractivity contribution in [1.29, 1.82) is 0 Å². The van der Waals surface area contributed by atoms with Crippen molar-refractivity contribution < 1.29 is 4.79 Å². The molecule has 0 bridgehead atoms. The van der Waals surface area contributed by atoms with Crippen molar-refractivity contribution in [3.63, 3.8) is 0 Å². The third-order valence-electron chi connectivity index (χ3n) is 4.09. The maximum absolute atomic E-state index is 12.0. The molecule has 0 atom stereocenters. The van der Waals surface area contributed by atoms with Gasteiger partial charge in [-0.3, -0.25) is 9.48 Å². The first-order valence-corrected chi connectivity index (χ1v) is 7.16. The lowest BCUT2D eigenvalue weighted by Gasteiger charge is -2.33. The fourth-order valence-corrected chi connectivity index (χ4v) is 2.91.